The number of aromatic nitrogens is 2. The van der Waals surface area contributed by atoms with Crippen LogP contribution in [0.15, 0.2) is 10.8 Å². The topological polar surface area (TPSA) is 55.0 Å². The standard InChI is InChI=1S/C10H14BrN4/c1-7-2-4-15(5-3-7)8-6-13-9(11)10(12)14-8/h6H,2-5H2,1H3,(H2,12,14). The number of hydrogen-bond donors (Lipinski definition) is 1. The third kappa shape index (κ3) is 2.40. The third-order valence-corrected chi connectivity index (χ3v) is 3.29. The van der Waals surface area contributed by atoms with Gasteiger partial charge in [0.15, 0.2) is 5.82 Å². The molecule has 1 aromatic heterocycles. The molecule has 15 heavy (non-hydrogen) atoms. The predicted octanol–water partition coefficient (Wildman–Crippen LogP) is 2.02. The summed E-state index contributed by atoms with van der Waals surface area (Å²) < 4.78 is 0.617. The monoisotopic (exact) mass is 269 g/mol. The lowest BCUT2D eigenvalue weighted by Crippen LogP contribution is -2.33. The van der Waals surface area contributed by atoms with Crippen LogP contribution in [0.4, 0.5) is 11.6 Å². The van der Waals surface area contributed by atoms with Gasteiger partial charge in [0.25, 0.3) is 0 Å². The molecule has 0 aromatic carbocycles. The average molecular weight is 270 g/mol. The molecule has 5 heteroatoms. The number of rotatable bonds is 1. The minimum atomic E-state index is 0.457. The summed E-state index contributed by atoms with van der Waals surface area (Å²) in [7, 11) is 0. The van der Waals surface area contributed by atoms with E-state index in [1.807, 2.05) is 0 Å². The summed E-state index contributed by atoms with van der Waals surface area (Å²) in [4.78, 5) is 10.7. The average Bonchev–Trinajstić information content (AvgIpc) is 2.23. The summed E-state index contributed by atoms with van der Waals surface area (Å²) in [5.41, 5.74) is 5.70. The van der Waals surface area contributed by atoms with E-state index in [1.54, 1.807) is 12.1 Å². The summed E-state index contributed by atoms with van der Waals surface area (Å²) in [5, 5.41) is 0. The van der Waals surface area contributed by atoms with Crippen molar-refractivity contribution in [2.75, 3.05) is 23.7 Å². The third-order valence-electron chi connectivity index (χ3n) is 2.68. The van der Waals surface area contributed by atoms with E-state index >= 15 is 0 Å². The molecular weight excluding hydrogens is 256 g/mol. The van der Waals surface area contributed by atoms with Gasteiger partial charge in [-0.15, -0.1) is 0 Å². The minimum Gasteiger partial charge on any atom is -0.381 e. The van der Waals surface area contributed by atoms with Crippen LogP contribution in [0.25, 0.3) is 0 Å². The van der Waals surface area contributed by atoms with E-state index in [9.17, 15) is 0 Å². The Hall–Kier alpha value is -0.840. The molecule has 2 heterocycles. The second-order valence-corrected chi connectivity index (χ2v) is 4.60. The molecule has 1 aliphatic heterocycles. The molecule has 0 spiro atoms. The highest BCUT2D eigenvalue weighted by Crippen LogP contribution is 2.24. The summed E-state index contributed by atoms with van der Waals surface area (Å²) in [5.74, 6) is 2.89. The molecule has 4 nitrogen and oxygen atoms in total. The number of nitrogens with two attached hydrogens (primary N) is 1. The highest BCUT2D eigenvalue weighted by molar-refractivity contribution is 9.10. The molecule has 1 saturated heterocycles. The maximum Gasteiger partial charge on any atom is 0.159 e. The first-order chi connectivity index (χ1) is 7.16. The van der Waals surface area contributed by atoms with Crippen molar-refractivity contribution in [1.29, 1.82) is 0 Å². The van der Waals surface area contributed by atoms with Crippen molar-refractivity contribution in [1.82, 2.24) is 9.97 Å². The molecule has 0 bridgehead atoms. The van der Waals surface area contributed by atoms with Gasteiger partial charge in [-0.3, -0.25) is 0 Å². The highest BCUT2D eigenvalue weighted by atomic mass is 79.9. The molecule has 81 valence electrons. The number of halogens is 1. The molecule has 2 N–H and O–H groups in total. The van der Waals surface area contributed by atoms with Gasteiger partial charge in [-0.2, -0.15) is 0 Å². The molecule has 0 saturated carbocycles. The van der Waals surface area contributed by atoms with Gasteiger partial charge in [-0.05, 0) is 34.7 Å². The minimum absolute atomic E-state index is 0.457. The van der Waals surface area contributed by atoms with Crippen LogP contribution in [0.5, 0.6) is 0 Å². The highest BCUT2D eigenvalue weighted by Gasteiger charge is 2.17. The van der Waals surface area contributed by atoms with E-state index in [0.717, 1.165) is 31.7 Å². The number of anilines is 2. The molecule has 0 atom stereocenters. The maximum absolute atomic E-state index is 5.70. The van der Waals surface area contributed by atoms with Crippen LogP contribution in [0.2, 0.25) is 0 Å². The lowest BCUT2D eigenvalue weighted by atomic mass is 9.99. The Kier molecular flexibility index (Phi) is 3.09. The van der Waals surface area contributed by atoms with E-state index in [4.69, 9.17) is 5.73 Å². The van der Waals surface area contributed by atoms with Crippen molar-refractivity contribution >= 4 is 27.6 Å². The Morgan fingerprint density at radius 3 is 2.67 bits per heavy atom. The van der Waals surface area contributed by atoms with Crippen LogP contribution in [0.3, 0.4) is 0 Å². The fraction of sp³-hybridized carbons (Fsp3) is 0.500. The molecule has 1 fully saturated rings. The lowest BCUT2D eigenvalue weighted by molar-refractivity contribution is 0.608. The first-order valence-electron chi connectivity index (χ1n) is 5.01. The number of piperidine rings is 1. The molecule has 0 unspecified atom stereocenters. The van der Waals surface area contributed by atoms with Crippen LogP contribution in [0.1, 0.15) is 19.8 Å². The van der Waals surface area contributed by atoms with Gasteiger partial charge in [0.2, 0.25) is 0 Å². The number of hydrogen-bond acceptors (Lipinski definition) is 4. The Morgan fingerprint density at radius 2 is 2.07 bits per heavy atom. The SMILES string of the molecule is C[C]1CCN(c2cnc(Br)c(N)n2)CC1. The largest absolute Gasteiger partial charge is 0.381 e. The van der Waals surface area contributed by atoms with Crippen LogP contribution in [-0.4, -0.2) is 23.1 Å². The summed E-state index contributed by atoms with van der Waals surface area (Å²) in [6, 6.07) is 0. The fourth-order valence-electron chi connectivity index (χ4n) is 1.65. The normalized spacial score (nSPS) is 18.1. The van der Waals surface area contributed by atoms with Gasteiger partial charge < -0.3 is 10.6 Å². The van der Waals surface area contributed by atoms with Gasteiger partial charge in [0.05, 0.1) is 6.20 Å². The number of nitrogens with zero attached hydrogens (tertiary/aromatic N) is 3. The summed E-state index contributed by atoms with van der Waals surface area (Å²) in [6.45, 7) is 4.24. The van der Waals surface area contributed by atoms with Crippen molar-refractivity contribution in [3.63, 3.8) is 0 Å². The van der Waals surface area contributed by atoms with Gasteiger partial charge >= 0.3 is 0 Å². The zero-order chi connectivity index (χ0) is 10.8. The molecule has 0 amide bonds. The Bertz CT molecular complexity index is 347. The Morgan fingerprint density at radius 1 is 1.40 bits per heavy atom. The van der Waals surface area contributed by atoms with Crippen LogP contribution >= 0.6 is 15.9 Å². The lowest BCUT2D eigenvalue weighted by Gasteiger charge is -2.30. The van der Waals surface area contributed by atoms with Crippen LogP contribution in [0, 0.1) is 5.92 Å². The van der Waals surface area contributed by atoms with Crippen molar-refractivity contribution < 1.29 is 0 Å². The second-order valence-electron chi connectivity index (χ2n) is 3.85. The second kappa shape index (κ2) is 4.35. The van der Waals surface area contributed by atoms with Crippen molar-refractivity contribution in [3.05, 3.63) is 16.7 Å². The van der Waals surface area contributed by atoms with Gasteiger partial charge in [-0.25, -0.2) is 9.97 Å². The van der Waals surface area contributed by atoms with Crippen molar-refractivity contribution in [2.45, 2.75) is 19.8 Å². The zero-order valence-corrected chi connectivity index (χ0v) is 10.3. The van der Waals surface area contributed by atoms with Gasteiger partial charge in [0.1, 0.15) is 10.4 Å². The first-order valence-corrected chi connectivity index (χ1v) is 5.80. The van der Waals surface area contributed by atoms with Gasteiger partial charge in [0, 0.05) is 13.1 Å². The molecule has 1 aromatic rings. The predicted molar refractivity (Wildman–Crippen MR) is 64.5 cm³/mol. The van der Waals surface area contributed by atoms with Crippen molar-refractivity contribution in [2.24, 2.45) is 0 Å². The van der Waals surface area contributed by atoms with E-state index in [0.29, 0.717) is 10.4 Å². The van der Waals surface area contributed by atoms with E-state index in [-0.39, 0.29) is 0 Å². The quantitative estimate of drug-likeness (QED) is 0.848. The zero-order valence-electron chi connectivity index (χ0n) is 8.70. The van der Waals surface area contributed by atoms with E-state index < -0.39 is 0 Å². The van der Waals surface area contributed by atoms with E-state index in [2.05, 4.69) is 37.7 Å². The molecule has 0 aliphatic carbocycles. The molecular formula is C10H14BrN4. The summed E-state index contributed by atoms with van der Waals surface area (Å²) in [6.07, 6.45) is 4.04. The maximum atomic E-state index is 5.70. The first kappa shape index (κ1) is 10.7. The molecule has 2 rings (SSSR count). The van der Waals surface area contributed by atoms with Crippen LogP contribution in [-0.2, 0) is 0 Å². The number of nitrogen functional groups attached to an aromatic ring is 1. The molecule has 1 aliphatic rings. The Balaban J connectivity index is 2.12. The van der Waals surface area contributed by atoms with Crippen molar-refractivity contribution in [3.8, 4) is 0 Å². The smallest absolute Gasteiger partial charge is 0.159 e. The van der Waals surface area contributed by atoms with E-state index in [1.165, 1.54) is 0 Å². The Labute approximate surface area is 98.0 Å². The molecule has 1 radical (unpaired) electrons. The summed E-state index contributed by atoms with van der Waals surface area (Å²) >= 11 is 3.24. The van der Waals surface area contributed by atoms with Gasteiger partial charge in [-0.1, -0.05) is 6.92 Å². The van der Waals surface area contributed by atoms with Crippen LogP contribution < -0.4 is 10.6 Å². The fourth-order valence-corrected chi connectivity index (χ4v) is 1.84.